The van der Waals surface area contributed by atoms with E-state index in [1.807, 2.05) is 6.07 Å². The highest BCUT2D eigenvalue weighted by molar-refractivity contribution is 4.87. The van der Waals surface area contributed by atoms with Crippen LogP contribution in [0.3, 0.4) is 0 Å². The molecule has 0 aromatic carbocycles. The number of rotatable bonds is 1. The summed E-state index contributed by atoms with van der Waals surface area (Å²) in [4.78, 5) is 0. The van der Waals surface area contributed by atoms with Crippen LogP contribution in [0, 0.1) is 17.2 Å². The predicted molar refractivity (Wildman–Crippen MR) is 29.0 cm³/mol. The Hall–Kier alpha value is -0.550. The second kappa shape index (κ2) is 2.15. The van der Waals surface area contributed by atoms with E-state index in [1.165, 1.54) is 0 Å². The van der Waals surface area contributed by atoms with Crippen LogP contribution in [0.2, 0.25) is 0 Å². The van der Waals surface area contributed by atoms with Gasteiger partial charge in [0.15, 0.2) is 0 Å². The third kappa shape index (κ3) is 0.823. The summed E-state index contributed by atoms with van der Waals surface area (Å²) in [5.74, 6) is 0.292. The van der Waals surface area contributed by atoms with E-state index >= 15 is 0 Å². The van der Waals surface area contributed by atoms with Gasteiger partial charge >= 0.3 is 0 Å². The number of hydrogen-bond donors (Lipinski definition) is 1. The van der Waals surface area contributed by atoms with Gasteiger partial charge in [-0.3, -0.25) is 0 Å². The summed E-state index contributed by atoms with van der Waals surface area (Å²) in [6.07, 6.45) is 2.29. The minimum Gasteiger partial charge on any atom is -0.393 e. The molecular weight excluding hydrogens is 102 g/mol. The van der Waals surface area contributed by atoms with Gasteiger partial charge in [0.05, 0.1) is 12.2 Å². The topological polar surface area (TPSA) is 44.0 Å². The van der Waals surface area contributed by atoms with Gasteiger partial charge in [0.25, 0.3) is 0 Å². The Labute approximate surface area is 48.7 Å². The Balaban J connectivity index is 2.19. The van der Waals surface area contributed by atoms with Gasteiger partial charge in [0, 0.05) is 6.42 Å². The average Bonchev–Trinajstić information content (AvgIpc) is 1.79. The van der Waals surface area contributed by atoms with Gasteiger partial charge in [0.1, 0.15) is 0 Å². The van der Waals surface area contributed by atoms with Gasteiger partial charge in [-0.15, -0.1) is 0 Å². The first-order chi connectivity index (χ1) is 3.84. The van der Waals surface area contributed by atoms with Crippen LogP contribution in [0.1, 0.15) is 19.3 Å². The third-order valence-corrected chi connectivity index (χ3v) is 1.73. The Morgan fingerprint density at radius 1 is 1.62 bits per heavy atom. The van der Waals surface area contributed by atoms with Crippen molar-refractivity contribution in [3.63, 3.8) is 0 Å². The number of hydrogen-bond acceptors (Lipinski definition) is 2. The zero-order valence-electron chi connectivity index (χ0n) is 4.67. The Bertz CT molecular complexity index is 116. The fourth-order valence-electron chi connectivity index (χ4n) is 0.907. The lowest BCUT2D eigenvalue weighted by Crippen LogP contribution is -2.30. The van der Waals surface area contributed by atoms with Crippen LogP contribution in [0.25, 0.3) is 0 Å². The van der Waals surface area contributed by atoms with E-state index in [0.29, 0.717) is 12.3 Å². The fourth-order valence-corrected chi connectivity index (χ4v) is 0.907. The van der Waals surface area contributed by atoms with E-state index in [2.05, 4.69) is 0 Å². The molecule has 1 N–H and O–H groups in total. The van der Waals surface area contributed by atoms with Crippen molar-refractivity contribution in [2.24, 2.45) is 5.92 Å². The van der Waals surface area contributed by atoms with Crippen LogP contribution in [-0.2, 0) is 0 Å². The molecule has 0 heterocycles. The minimum absolute atomic E-state index is 0.172. The molecule has 0 bridgehead atoms. The molecule has 0 aromatic rings. The van der Waals surface area contributed by atoms with Crippen molar-refractivity contribution < 1.29 is 5.11 Å². The first-order valence-electron chi connectivity index (χ1n) is 2.89. The molecule has 0 aromatic heterocycles. The maximum atomic E-state index is 8.89. The van der Waals surface area contributed by atoms with Crippen molar-refractivity contribution in [3.05, 3.63) is 0 Å². The van der Waals surface area contributed by atoms with Gasteiger partial charge in [0.2, 0.25) is 0 Å². The van der Waals surface area contributed by atoms with Gasteiger partial charge in [-0.05, 0) is 18.8 Å². The third-order valence-electron chi connectivity index (χ3n) is 1.73. The number of aliphatic hydroxyl groups excluding tert-OH is 1. The van der Waals surface area contributed by atoms with Crippen LogP contribution in [0.4, 0.5) is 0 Å². The second-order valence-corrected chi connectivity index (χ2v) is 2.27. The molecule has 0 amide bonds. The molecule has 44 valence electrons. The van der Waals surface area contributed by atoms with Crippen LogP contribution >= 0.6 is 0 Å². The average molecular weight is 111 g/mol. The highest BCUT2D eigenvalue weighted by Gasteiger charge is 2.27. The van der Waals surface area contributed by atoms with E-state index < -0.39 is 0 Å². The molecule has 0 radical (unpaired) electrons. The van der Waals surface area contributed by atoms with Crippen molar-refractivity contribution >= 4 is 0 Å². The van der Waals surface area contributed by atoms with E-state index in [0.717, 1.165) is 12.8 Å². The molecule has 1 saturated carbocycles. The first kappa shape index (κ1) is 5.58. The highest BCUT2D eigenvalue weighted by Crippen LogP contribution is 2.29. The summed E-state index contributed by atoms with van der Waals surface area (Å²) in [6, 6.07) is 2.04. The standard InChI is InChI=1S/C6H9NO/c7-4-3-5-1-2-6(5)8/h5-6,8H,1-3H2/t5-,6+/m0/s1. The Morgan fingerprint density at radius 2 is 2.38 bits per heavy atom. The van der Waals surface area contributed by atoms with Gasteiger partial charge < -0.3 is 5.11 Å². The lowest BCUT2D eigenvalue weighted by atomic mass is 9.80. The summed E-state index contributed by atoms with van der Waals surface area (Å²) in [5.41, 5.74) is 0. The van der Waals surface area contributed by atoms with Gasteiger partial charge in [-0.2, -0.15) is 5.26 Å². The molecule has 1 aliphatic carbocycles. The minimum atomic E-state index is -0.172. The lowest BCUT2D eigenvalue weighted by Gasteiger charge is -2.29. The van der Waals surface area contributed by atoms with Crippen molar-refractivity contribution in [2.75, 3.05) is 0 Å². The molecule has 0 unspecified atom stereocenters. The maximum absolute atomic E-state index is 8.89. The molecular formula is C6H9NO. The summed E-state index contributed by atoms with van der Waals surface area (Å²) in [5, 5.41) is 17.0. The van der Waals surface area contributed by atoms with Crippen molar-refractivity contribution in [3.8, 4) is 6.07 Å². The molecule has 2 heteroatoms. The van der Waals surface area contributed by atoms with Crippen molar-refractivity contribution in [1.29, 1.82) is 5.26 Å². The quantitative estimate of drug-likeness (QED) is 0.540. The number of nitriles is 1. The number of aliphatic hydroxyl groups is 1. The zero-order valence-corrected chi connectivity index (χ0v) is 4.67. The molecule has 1 fully saturated rings. The van der Waals surface area contributed by atoms with Gasteiger partial charge in [-0.25, -0.2) is 0 Å². The molecule has 2 nitrogen and oxygen atoms in total. The molecule has 0 spiro atoms. The van der Waals surface area contributed by atoms with Crippen LogP contribution in [-0.4, -0.2) is 11.2 Å². The number of nitrogens with zero attached hydrogens (tertiary/aromatic N) is 1. The molecule has 2 atom stereocenters. The molecule has 1 aliphatic rings. The fraction of sp³-hybridized carbons (Fsp3) is 0.833. The van der Waals surface area contributed by atoms with E-state index in [9.17, 15) is 0 Å². The molecule has 1 rings (SSSR count). The molecule has 0 aliphatic heterocycles. The van der Waals surface area contributed by atoms with Crippen LogP contribution in [0.5, 0.6) is 0 Å². The van der Waals surface area contributed by atoms with Crippen LogP contribution in [0.15, 0.2) is 0 Å². The van der Waals surface area contributed by atoms with Gasteiger partial charge in [-0.1, -0.05) is 0 Å². The summed E-state index contributed by atoms with van der Waals surface area (Å²) < 4.78 is 0. The molecule has 0 saturated heterocycles. The maximum Gasteiger partial charge on any atom is 0.0625 e. The van der Waals surface area contributed by atoms with Crippen LogP contribution < -0.4 is 0 Å². The summed E-state index contributed by atoms with van der Waals surface area (Å²) >= 11 is 0. The predicted octanol–water partition coefficient (Wildman–Crippen LogP) is 0.671. The van der Waals surface area contributed by atoms with E-state index in [4.69, 9.17) is 10.4 Å². The first-order valence-corrected chi connectivity index (χ1v) is 2.89. The SMILES string of the molecule is N#CC[C@@H]1CC[C@H]1O. The smallest absolute Gasteiger partial charge is 0.0625 e. The van der Waals surface area contributed by atoms with Crippen molar-refractivity contribution in [2.45, 2.75) is 25.4 Å². The zero-order chi connectivity index (χ0) is 5.98. The highest BCUT2D eigenvalue weighted by atomic mass is 16.3. The monoisotopic (exact) mass is 111 g/mol. The largest absolute Gasteiger partial charge is 0.393 e. The van der Waals surface area contributed by atoms with E-state index in [1.54, 1.807) is 0 Å². The summed E-state index contributed by atoms with van der Waals surface area (Å²) in [7, 11) is 0. The van der Waals surface area contributed by atoms with E-state index in [-0.39, 0.29) is 6.10 Å². The Kier molecular flexibility index (Phi) is 1.50. The second-order valence-electron chi connectivity index (χ2n) is 2.27. The summed E-state index contributed by atoms with van der Waals surface area (Å²) in [6.45, 7) is 0. The van der Waals surface area contributed by atoms with Crippen molar-refractivity contribution in [1.82, 2.24) is 0 Å². The molecule has 8 heavy (non-hydrogen) atoms. The normalized spacial score (nSPS) is 35.5. The lowest BCUT2D eigenvalue weighted by molar-refractivity contribution is 0.0268. The Morgan fingerprint density at radius 3 is 2.50 bits per heavy atom.